The number of alkyl halides is 2. The predicted molar refractivity (Wildman–Crippen MR) is 83.6 cm³/mol. The number of nitrogens with one attached hydrogen (secondary N) is 1. The fraction of sp³-hybridized carbons (Fsp3) is 0.188. The van der Waals surface area contributed by atoms with Gasteiger partial charge >= 0.3 is 6.61 Å². The Morgan fingerprint density at radius 2 is 1.95 bits per heavy atom. The van der Waals surface area contributed by atoms with Gasteiger partial charge in [-0.15, -0.1) is 11.8 Å². The molecule has 0 aliphatic rings. The number of thioether (sulfide) groups is 1. The minimum absolute atomic E-state index is 0.0758. The lowest BCUT2D eigenvalue weighted by Crippen LogP contribution is -2.14. The highest BCUT2D eigenvalue weighted by Crippen LogP contribution is 2.19. The Morgan fingerprint density at radius 1 is 1.23 bits per heavy atom. The van der Waals surface area contributed by atoms with Crippen molar-refractivity contribution < 1.29 is 18.3 Å². The first-order valence-electron chi connectivity index (χ1n) is 6.54. The zero-order chi connectivity index (χ0) is 15.9. The fourth-order valence-corrected chi connectivity index (χ4v) is 2.34. The van der Waals surface area contributed by atoms with Gasteiger partial charge in [-0.3, -0.25) is 4.79 Å². The minimum atomic E-state index is -2.85. The highest BCUT2D eigenvalue weighted by atomic mass is 32.2. The minimum Gasteiger partial charge on any atom is -0.435 e. The zero-order valence-corrected chi connectivity index (χ0v) is 12.7. The smallest absolute Gasteiger partial charge is 0.387 e. The summed E-state index contributed by atoms with van der Waals surface area (Å²) in [5.41, 5.74) is 1.45. The molecule has 0 bridgehead atoms. The van der Waals surface area contributed by atoms with E-state index in [9.17, 15) is 13.6 Å². The second-order valence-electron chi connectivity index (χ2n) is 4.48. The van der Waals surface area contributed by atoms with E-state index < -0.39 is 6.61 Å². The molecular weight excluding hydrogens is 308 g/mol. The standard InChI is InChI=1S/C16H15F2NO2S/c1-22-14-4-2-3-12(10-14)19-15(20)9-11-5-7-13(8-6-11)21-16(17)18/h2-8,10,16H,9H2,1H3,(H,19,20). The van der Waals surface area contributed by atoms with Gasteiger partial charge in [-0.2, -0.15) is 8.78 Å². The van der Waals surface area contributed by atoms with Crippen molar-refractivity contribution in [2.24, 2.45) is 0 Å². The van der Waals surface area contributed by atoms with Crippen molar-refractivity contribution in [1.29, 1.82) is 0 Å². The summed E-state index contributed by atoms with van der Waals surface area (Å²) in [6, 6.07) is 13.6. The van der Waals surface area contributed by atoms with Crippen LogP contribution in [0, 0.1) is 0 Å². The van der Waals surface area contributed by atoms with E-state index in [0.29, 0.717) is 0 Å². The summed E-state index contributed by atoms with van der Waals surface area (Å²) in [6.07, 6.45) is 2.13. The van der Waals surface area contributed by atoms with Gasteiger partial charge in [0, 0.05) is 10.6 Å². The van der Waals surface area contributed by atoms with E-state index in [1.807, 2.05) is 30.5 Å². The molecule has 6 heteroatoms. The highest BCUT2D eigenvalue weighted by molar-refractivity contribution is 7.98. The Labute approximate surface area is 131 Å². The normalized spacial score (nSPS) is 10.5. The van der Waals surface area contributed by atoms with E-state index in [1.165, 1.54) is 12.1 Å². The number of rotatable bonds is 6. The van der Waals surface area contributed by atoms with Gasteiger partial charge in [0.1, 0.15) is 5.75 Å². The summed E-state index contributed by atoms with van der Waals surface area (Å²) in [6.45, 7) is -2.85. The van der Waals surface area contributed by atoms with Crippen molar-refractivity contribution in [3.05, 3.63) is 54.1 Å². The number of carbonyl (C=O) groups excluding carboxylic acids is 1. The fourth-order valence-electron chi connectivity index (χ4n) is 1.88. The second kappa shape index (κ2) is 7.79. The van der Waals surface area contributed by atoms with Crippen LogP contribution in [0.5, 0.6) is 5.75 Å². The van der Waals surface area contributed by atoms with Crippen molar-refractivity contribution in [1.82, 2.24) is 0 Å². The monoisotopic (exact) mass is 323 g/mol. The SMILES string of the molecule is CSc1cccc(NC(=O)Cc2ccc(OC(F)F)cc2)c1. The second-order valence-corrected chi connectivity index (χ2v) is 5.36. The lowest BCUT2D eigenvalue weighted by molar-refractivity contribution is -0.115. The number of hydrogen-bond acceptors (Lipinski definition) is 3. The molecule has 0 spiro atoms. The van der Waals surface area contributed by atoms with Gasteiger partial charge in [0.05, 0.1) is 6.42 Å². The molecule has 0 atom stereocenters. The van der Waals surface area contributed by atoms with Crippen molar-refractivity contribution in [3.63, 3.8) is 0 Å². The molecular formula is C16H15F2NO2S. The average molecular weight is 323 g/mol. The van der Waals surface area contributed by atoms with Crippen LogP contribution in [0.25, 0.3) is 0 Å². The quantitative estimate of drug-likeness (QED) is 0.810. The third kappa shape index (κ3) is 5.04. The van der Waals surface area contributed by atoms with E-state index in [-0.39, 0.29) is 18.1 Å². The lowest BCUT2D eigenvalue weighted by atomic mass is 10.1. The summed E-state index contributed by atoms with van der Waals surface area (Å²) >= 11 is 1.59. The Balaban J connectivity index is 1.93. The van der Waals surface area contributed by atoms with E-state index >= 15 is 0 Å². The van der Waals surface area contributed by atoms with Gasteiger partial charge in [0.25, 0.3) is 0 Å². The molecule has 2 rings (SSSR count). The van der Waals surface area contributed by atoms with E-state index in [0.717, 1.165) is 16.1 Å². The molecule has 0 saturated carbocycles. The number of halogens is 2. The van der Waals surface area contributed by atoms with Gasteiger partial charge in [-0.25, -0.2) is 0 Å². The van der Waals surface area contributed by atoms with E-state index in [2.05, 4.69) is 10.1 Å². The molecule has 0 aromatic heterocycles. The first-order valence-corrected chi connectivity index (χ1v) is 7.77. The van der Waals surface area contributed by atoms with Crippen LogP contribution < -0.4 is 10.1 Å². The molecule has 116 valence electrons. The molecule has 3 nitrogen and oxygen atoms in total. The van der Waals surface area contributed by atoms with Crippen LogP contribution in [-0.2, 0) is 11.2 Å². The molecule has 1 N–H and O–H groups in total. The average Bonchev–Trinajstić information content (AvgIpc) is 2.49. The number of carbonyl (C=O) groups is 1. The summed E-state index contributed by atoms with van der Waals surface area (Å²) in [7, 11) is 0. The molecule has 0 aliphatic heterocycles. The number of benzene rings is 2. The summed E-state index contributed by atoms with van der Waals surface area (Å²) in [5.74, 6) is -0.0902. The maximum Gasteiger partial charge on any atom is 0.387 e. The van der Waals surface area contributed by atoms with Crippen molar-refractivity contribution in [2.45, 2.75) is 17.9 Å². The summed E-state index contributed by atoms with van der Waals surface area (Å²) in [5, 5.41) is 2.81. The molecule has 22 heavy (non-hydrogen) atoms. The Morgan fingerprint density at radius 3 is 2.59 bits per heavy atom. The first kappa shape index (κ1) is 16.3. The van der Waals surface area contributed by atoms with Crippen molar-refractivity contribution in [3.8, 4) is 5.75 Å². The summed E-state index contributed by atoms with van der Waals surface area (Å²) < 4.78 is 28.4. The van der Waals surface area contributed by atoms with Gasteiger partial charge in [0.15, 0.2) is 0 Å². The van der Waals surface area contributed by atoms with Crippen LogP contribution in [0.3, 0.4) is 0 Å². The first-order chi connectivity index (χ1) is 10.6. The Bertz CT molecular complexity index is 632. The number of amides is 1. The third-order valence-electron chi connectivity index (χ3n) is 2.87. The maximum absolute atomic E-state index is 12.0. The van der Waals surface area contributed by atoms with E-state index in [4.69, 9.17) is 0 Å². The molecule has 2 aromatic rings. The Kier molecular flexibility index (Phi) is 5.77. The van der Waals surface area contributed by atoms with Gasteiger partial charge < -0.3 is 10.1 Å². The molecule has 2 aromatic carbocycles. The zero-order valence-electron chi connectivity index (χ0n) is 11.9. The van der Waals surface area contributed by atoms with Crippen LogP contribution in [0.1, 0.15) is 5.56 Å². The third-order valence-corrected chi connectivity index (χ3v) is 3.59. The van der Waals surface area contributed by atoms with Crippen LogP contribution in [-0.4, -0.2) is 18.8 Å². The lowest BCUT2D eigenvalue weighted by Gasteiger charge is -2.08. The number of ether oxygens (including phenoxy) is 1. The van der Waals surface area contributed by atoms with Crippen molar-refractivity contribution >= 4 is 23.4 Å². The van der Waals surface area contributed by atoms with Gasteiger partial charge in [0.2, 0.25) is 5.91 Å². The molecule has 0 aliphatic carbocycles. The van der Waals surface area contributed by atoms with Gasteiger partial charge in [-0.05, 0) is 42.2 Å². The molecule has 0 fully saturated rings. The molecule has 0 radical (unpaired) electrons. The van der Waals surface area contributed by atoms with Gasteiger partial charge in [-0.1, -0.05) is 18.2 Å². The van der Waals surface area contributed by atoms with E-state index in [1.54, 1.807) is 23.9 Å². The topological polar surface area (TPSA) is 38.3 Å². The maximum atomic E-state index is 12.0. The Hall–Kier alpha value is -2.08. The van der Waals surface area contributed by atoms with Crippen LogP contribution in [0.2, 0.25) is 0 Å². The molecule has 0 heterocycles. The largest absolute Gasteiger partial charge is 0.435 e. The van der Waals surface area contributed by atoms with Crippen LogP contribution >= 0.6 is 11.8 Å². The van der Waals surface area contributed by atoms with Crippen molar-refractivity contribution in [2.75, 3.05) is 11.6 Å². The van der Waals surface area contributed by atoms with Crippen LogP contribution in [0.4, 0.5) is 14.5 Å². The predicted octanol–water partition coefficient (Wildman–Crippen LogP) is 4.19. The molecule has 0 saturated heterocycles. The summed E-state index contributed by atoms with van der Waals surface area (Å²) in [4.78, 5) is 13.0. The molecule has 0 unspecified atom stereocenters. The van der Waals surface area contributed by atoms with Crippen LogP contribution in [0.15, 0.2) is 53.4 Å². The number of hydrogen-bond donors (Lipinski definition) is 1. The highest BCUT2D eigenvalue weighted by Gasteiger charge is 2.07. The molecule has 1 amide bonds. The number of anilines is 1.